The second kappa shape index (κ2) is 11.4. The van der Waals surface area contributed by atoms with Crippen LogP contribution in [0.3, 0.4) is 0 Å². The standard InChI is InChI=1S/C46H28N2O2/c1-2-14-29(15-3-1)30-16-4-5-17-31(30)32-18-6-7-21-37(32)46-47-40(38-24-12-22-35-33-19-8-10-26-42(33)49-44(35)38)28-41(48-46)39-25-13-23-36-34-20-9-11-27-43(34)50-45(36)39/h1-28H. The molecule has 234 valence electrons. The third kappa shape index (κ3) is 4.54. The van der Waals surface area contributed by atoms with Crippen LogP contribution in [0, 0.1) is 0 Å². The molecule has 0 saturated heterocycles. The topological polar surface area (TPSA) is 52.1 Å². The fraction of sp³-hybridized carbons (Fsp3) is 0. The molecule has 0 unspecified atom stereocenters. The first-order valence-electron chi connectivity index (χ1n) is 16.7. The van der Waals surface area contributed by atoms with E-state index in [9.17, 15) is 0 Å². The molecule has 0 aliphatic carbocycles. The molecule has 3 aromatic heterocycles. The maximum absolute atomic E-state index is 6.52. The SMILES string of the molecule is c1ccc(-c2ccccc2-c2ccccc2-c2nc(-c3cccc4c3oc3ccccc34)cc(-c3cccc4c3oc3ccccc34)n2)cc1. The van der Waals surface area contributed by atoms with Crippen molar-refractivity contribution in [2.24, 2.45) is 0 Å². The molecular weight excluding hydrogens is 613 g/mol. The van der Waals surface area contributed by atoms with Crippen LogP contribution < -0.4 is 0 Å². The van der Waals surface area contributed by atoms with Gasteiger partial charge in [-0.2, -0.15) is 0 Å². The van der Waals surface area contributed by atoms with Crippen LogP contribution in [-0.4, -0.2) is 9.97 Å². The summed E-state index contributed by atoms with van der Waals surface area (Å²) in [4.78, 5) is 10.7. The number of furan rings is 2. The van der Waals surface area contributed by atoms with Crippen molar-refractivity contribution >= 4 is 43.9 Å². The third-order valence-electron chi connectivity index (χ3n) is 9.56. The van der Waals surface area contributed by atoms with E-state index in [2.05, 4.69) is 127 Å². The van der Waals surface area contributed by atoms with Crippen LogP contribution in [0.1, 0.15) is 0 Å². The lowest BCUT2D eigenvalue weighted by molar-refractivity contribution is 0.669. The van der Waals surface area contributed by atoms with E-state index in [-0.39, 0.29) is 0 Å². The lowest BCUT2D eigenvalue weighted by Gasteiger charge is -2.15. The number of fused-ring (bicyclic) bond motifs is 6. The van der Waals surface area contributed by atoms with Crippen LogP contribution in [-0.2, 0) is 0 Å². The summed E-state index contributed by atoms with van der Waals surface area (Å²) in [6, 6.07) is 58.4. The predicted octanol–water partition coefficient (Wildman–Crippen LogP) is 12.6. The largest absolute Gasteiger partial charge is 0.455 e. The zero-order valence-corrected chi connectivity index (χ0v) is 26.9. The number of hydrogen-bond donors (Lipinski definition) is 0. The van der Waals surface area contributed by atoms with Crippen LogP contribution in [0.25, 0.3) is 100 Å². The summed E-state index contributed by atoms with van der Waals surface area (Å²) in [5.74, 6) is 0.622. The van der Waals surface area contributed by atoms with E-state index in [0.717, 1.165) is 94.2 Å². The van der Waals surface area contributed by atoms with Gasteiger partial charge in [0.25, 0.3) is 0 Å². The summed E-state index contributed by atoms with van der Waals surface area (Å²) in [5.41, 5.74) is 12.1. The molecule has 0 spiro atoms. The highest BCUT2D eigenvalue weighted by molar-refractivity contribution is 6.11. The Morgan fingerprint density at radius 3 is 1.32 bits per heavy atom. The molecule has 0 radical (unpaired) electrons. The van der Waals surface area contributed by atoms with E-state index in [1.807, 2.05) is 42.5 Å². The first-order chi connectivity index (χ1) is 24.8. The molecule has 0 atom stereocenters. The minimum atomic E-state index is 0.622. The van der Waals surface area contributed by atoms with Gasteiger partial charge < -0.3 is 8.83 Å². The van der Waals surface area contributed by atoms with Gasteiger partial charge in [0.15, 0.2) is 5.82 Å². The van der Waals surface area contributed by atoms with Gasteiger partial charge in [-0.1, -0.05) is 140 Å². The highest BCUT2D eigenvalue weighted by Gasteiger charge is 2.21. The monoisotopic (exact) mass is 640 g/mol. The van der Waals surface area contributed by atoms with E-state index in [0.29, 0.717) is 5.82 Å². The summed E-state index contributed by atoms with van der Waals surface area (Å²) in [7, 11) is 0. The highest BCUT2D eigenvalue weighted by atomic mass is 16.3. The maximum atomic E-state index is 6.52. The number of aromatic nitrogens is 2. The van der Waals surface area contributed by atoms with Crippen molar-refractivity contribution in [2.75, 3.05) is 0 Å². The van der Waals surface area contributed by atoms with Gasteiger partial charge in [-0.3, -0.25) is 0 Å². The van der Waals surface area contributed by atoms with E-state index in [1.165, 1.54) is 0 Å². The Hall–Kier alpha value is -6.78. The van der Waals surface area contributed by atoms with E-state index < -0.39 is 0 Å². The fourth-order valence-electron chi connectivity index (χ4n) is 7.24. The van der Waals surface area contributed by atoms with Gasteiger partial charge in [-0.25, -0.2) is 9.97 Å². The van der Waals surface area contributed by atoms with Crippen molar-refractivity contribution in [3.63, 3.8) is 0 Å². The zero-order valence-electron chi connectivity index (χ0n) is 26.9. The predicted molar refractivity (Wildman–Crippen MR) is 204 cm³/mol. The minimum Gasteiger partial charge on any atom is -0.455 e. The van der Waals surface area contributed by atoms with Gasteiger partial charge in [-0.05, 0) is 52.6 Å². The number of benzene rings is 7. The second-order valence-electron chi connectivity index (χ2n) is 12.5. The molecule has 0 N–H and O–H groups in total. The first kappa shape index (κ1) is 28.3. The average Bonchev–Trinajstić information content (AvgIpc) is 3.77. The molecule has 10 aromatic rings. The summed E-state index contributed by atoms with van der Waals surface area (Å²) in [5, 5.41) is 4.26. The zero-order chi connectivity index (χ0) is 33.0. The average molecular weight is 641 g/mol. The van der Waals surface area contributed by atoms with Gasteiger partial charge >= 0.3 is 0 Å². The van der Waals surface area contributed by atoms with Crippen molar-refractivity contribution in [1.82, 2.24) is 9.97 Å². The van der Waals surface area contributed by atoms with Gasteiger partial charge in [0.05, 0.1) is 11.4 Å². The summed E-state index contributed by atoms with van der Waals surface area (Å²) >= 11 is 0. The molecule has 3 heterocycles. The minimum absolute atomic E-state index is 0.622. The first-order valence-corrected chi connectivity index (χ1v) is 16.7. The quantitative estimate of drug-likeness (QED) is 0.188. The molecule has 4 nitrogen and oxygen atoms in total. The summed E-state index contributed by atoms with van der Waals surface area (Å²) in [6.45, 7) is 0. The Kier molecular flexibility index (Phi) is 6.46. The van der Waals surface area contributed by atoms with Crippen LogP contribution in [0.4, 0.5) is 0 Å². The number of nitrogens with zero attached hydrogens (tertiary/aromatic N) is 2. The maximum Gasteiger partial charge on any atom is 0.161 e. The lowest BCUT2D eigenvalue weighted by atomic mass is 9.91. The van der Waals surface area contributed by atoms with E-state index >= 15 is 0 Å². The van der Waals surface area contributed by atoms with Crippen LogP contribution >= 0.6 is 0 Å². The molecular formula is C46H28N2O2. The van der Waals surface area contributed by atoms with Gasteiger partial charge in [0, 0.05) is 38.2 Å². The summed E-state index contributed by atoms with van der Waals surface area (Å²) in [6.07, 6.45) is 0. The molecule has 10 rings (SSSR count). The Bertz CT molecular complexity index is 2750. The molecule has 0 saturated carbocycles. The Morgan fingerprint density at radius 1 is 0.320 bits per heavy atom. The molecule has 0 fully saturated rings. The Morgan fingerprint density at radius 2 is 0.740 bits per heavy atom. The molecule has 7 aromatic carbocycles. The molecule has 0 bridgehead atoms. The van der Waals surface area contributed by atoms with Crippen LogP contribution in [0.15, 0.2) is 179 Å². The smallest absolute Gasteiger partial charge is 0.161 e. The van der Waals surface area contributed by atoms with Gasteiger partial charge in [-0.15, -0.1) is 0 Å². The molecule has 0 amide bonds. The Labute approximate surface area is 287 Å². The van der Waals surface area contributed by atoms with Crippen LogP contribution in [0.2, 0.25) is 0 Å². The molecule has 0 aliphatic rings. The van der Waals surface area contributed by atoms with Gasteiger partial charge in [0.2, 0.25) is 0 Å². The van der Waals surface area contributed by atoms with Crippen LogP contribution in [0.5, 0.6) is 0 Å². The molecule has 50 heavy (non-hydrogen) atoms. The number of rotatable bonds is 5. The van der Waals surface area contributed by atoms with Gasteiger partial charge in [0.1, 0.15) is 22.3 Å². The van der Waals surface area contributed by atoms with Crippen molar-refractivity contribution in [3.8, 4) is 56.2 Å². The second-order valence-corrected chi connectivity index (χ2v) is 12.5. The van der Waals surface area contributed by atoms with E-state index in [4.69, 9.17) is 18.8 Å². The van der Waals surface area contributed by atoms with Crippen molar-refractivity contribution in [2.45, 2.75) is 0 Å². The Balaban J connectivity index is 1.25. The van der Waals surface area contributed by atoms with Crippen molar-refractivity contribution < 1.29 is 8.83 Å². The molecule has 4 heteroatoms. The summed E-state index contributed by atoms with van der Waals surface area (Å²) < 4.78 is 13.0. The number of para-hydroxylation sites is 4. The molecule has 0 aliphatic heterocycles. The fourth-order valence-corrected chi connectivity index (χ4v) is 7.24. The third-order valence-corrected chi connectivity index (χ3v) is 9.56. The lowest BCUT2D eigenvalue weighted by Crippen LogP contribution is -1.98. The number of hydrogen-bond acceptors (Lipinski definition) is 4. The van der Waals surface area contributed by atoms with E-state index in [1.54, 1.807) is 0 Å². The highest BCUT2D eigenvalue weighted by Crippen LogP contribution is 2.42. The normalized spacial score (nSPS) is 11.6. The van der Waals surface area contributed by atoms with Crippen molar-refractivity contribution in [3.05, 3.63) is 170 Å². The van der Waals surface area contributed by atoms with Crippen molar-refractivity contribution in [1.29, 1.82) is 0 Å².